The Balaban J connectivity index is 2.00. The van der Waals surface area contributed by atoms with Crippen LogP contribution in [0, 0.1) is 0 Å². The fraction of sp³-hybridized carbons (Fsp3) is 0.200. The zero-order valence-corrected chi connectivity index (χ0v) is 10.6. The number of aromatic nitrogens is 1. The molecule has 1 saturated heterocycles. The summed E-state index contributed by atoms with van der Waals surface area (Å²) in [5.74, 6) is -0.216. The van der Waals surface area contributed by atoms with Crippen LogP contribution in [-0.4, -0.2) is 17.6 Å². The van der Waals surface area contributed by atoms with Crippen molar-refractivity contribution in [3.63, 3.8) is 0 Å². The highest BCUT2D eigenvalue weighted by molar-refractivity contribution is 5.95. The maximum absolute atomic E-state index is 11.5. The largest absolute Gasteiger partial charge is 0.462 e. The second kappa shape index (κ2) is 4.72. The predicted octanol–water partition coefficient (Wildman–Crippen LogP) is 2.87. The third-order valence-corrected chi connectivity index (χ3v) is 3.29. The molecule has 1 N–H and O–H groups in total. The van der Waals surface area contributed by atoms with Crippen molar-refractivity contribution < 1.29 is 9.53 Å². The lowest BCUT2D eigenvalue weighted by Gasteiger charge is -2.11. The fourth-order valence-electron chi connectivity index (χ4n) is 2.28. The molecular weight excluding hydrogens is 240 g/mol. The molecule has 4 nitrogen and oxygen atoms in total. The number of benzene rings is 1. The number of esters is 1. The Bertz CT molecular complexity index is 671. The molecular formula is C15H14N2O2. The van der Waals surface area contributed by atoms with E-state index in [0.29, 0.717) is 13.0 Å². The lowest BCUT2D eigenvalue weighted by atomic mass is 10.1. The van der Waals surface area contributed by atoms with Gasteiger partial charge in [-0.05, 0) is 19.1 Å². The lowest BCUT2D eigenvalue weighted by molar-refractivity contribution is -0.135. The maximum Gasteiger partial charge on any atom is 0.335 e. The monoisotopic (exact) mass is 254 g/mol. The van der Waals surface area contributed by atoms with Gasteiger partial charge >= 0.3 is 5.97 Å². The Kier molecular flexibility index (Phi) is 2.91. The summed E-state index contributed by atoms with van der Waals surface area (Å²) in [7, 11) is 0. The normalized spacial score (nSPS) is 17.4. The van der Waals surface area contributed by atoms with E-state index in [0.717, 1.165) is 27.7 Å². The number of rotatable bonds is 2. The highest BCUT2D eigenvalue weighted by Gasteiger charge is 2.21. The van der Waals surface area contributed by atoms with Crippen molar-refractivity contribution in [3.05, 3.63) is 47.9 Å². The summed E-state index contributed by atoms with van der Waals surface area (Å²) in [5.41, 5.74) is 2.56. The second-order valence-electron chi connectivity index (χ2n) is 4.52. The molecule has 1 aromatic carbocycles. The van der Waals surface area contributed by atoms with Gasteiger partial charge in [0.15, 0.2) is 0 Å². The molecule has 1 aliphatic rings. The number of pyridine rings is 1. The van der Waals surface area contributed by atoms with E-state index in [9.17, 15) is 4.79 Å². The Labute approximate surface area is 111 Å². The van der Waals surface area contributed by atoms with E-state index >= 15 is 0 Å². The fourth-order valence-corrected chi connectivity index (χ4v) is 2.28. The van der Waals surface area contributed by atoms with E-state index in [4.69, 9.17) is 4.74 Å². The predicted molar refractivity (Wildman–Crippen MR) is 73.6 cm³/mol. The number of anilines is 1. The third-order valence-electron chi connectivity index (χ3n) is 3.29. The number of fused-ring (bicyclic) bond motifs is 1. The molecule has 0 amide bonds. The number of hydrogen-bond acceptors (Lipinski definition) is 4. The van der Waals surface area contributed by atoms with Gasteiger partial charge < -0.3 is 10.1 Å². The summed E-state index contributed by atoms with van der Waals surface area (Å²) in [4.78, 5) is 15.6. The SMILES string of the molecule is C/C(Nc1cccc2cnccc12)=C1\CCOC1=O. The van der Waals surface area contributed by atoms with Gasteiger partial charge in [-0.2, -0.15) is 0 Å². The minimum atomic E-state index is -0.216. The van der Waals surface area contributed by atoms with Gasteiger partial charge in [-0.15, -0.1) is 0 Å². The van der Waals surface area contributed by atoms with Gasteiger partial charge in [0.05, 0.1) is 12.2 Å². The van der Waals surface area contributed by atoms with Crippen LogP contribution in [0.3, 0.4) is 0 Å². The molecule has 19 heavy (non-hydrogen) atoms. The van der Waals surface area contributed by atoms with Gasteiger partial charge in [-0.25, -0.2) is 4.79 Å². The molecule has 0 aliphatic carbocycles. The minimum Gasteiger partial charge on any atom is -0.462 e. The summed E-state index contributed by atoms with van der Waals surface area (Å²) >= 11 is 0. The number of allylic oxidation sites excluding steroid dienone is 1. The molecule has 0 spiro atoms. The maximum atomic E-state index is 11.5. The minimum absolute atomic E-state index is 0.216. The number of cyclic esters (lactones) is 1. The van der Waals surface area contributed by atoms with Gasteiger partial charge in [0.2, 0.25) is 0 Å². The smallest absolute Gasteiger partial charge is 0.335 e. The van der Waals surface area contributed by atoms with E-state index in [1.165, 1.54) is 0 Å². The number of nitrogens with one attached hydrogen (secondary N) is 1. The van der Waals surface area contributed by atoms with Crippen molar-refractivity contribution in [1.82, 2.24) is 4.98 Å². The summed E-state index contributed by atoms with van der Waals surface area (Å²) in [6.07, 6.45) is 4.26. The molecule has 1 aliphatic heterocycles. The van der Waals surface area contributed by atoms with Crippen molar-refractivity contribution in [2.24, 2.45) is 0 Å². The summed E-state index contributed by atoms with van der Waals surface area (Å²) < 4.78 is 4.96. The Morgan fingerprint density at radius 1 is 1.37 bits per heavy atom. The number of carbonyl (C=O) groups is 1. The second-order valence-corrected chi connectivity index (χ2v) is 4.52. The quantitative estimate of drug-likeness (QED) is 0.661. The van der Waals surface area contributed by atoms with Crippen LogP contribution in [0.4, 0.5) is 5.69 Å². The van der Waals surface area contributed by atoms with Gasteiger partial charge in [-0.3, -0.25) is 4.98 Å². The van der Waals surface area contributed by atoms with Crippen molar-refractivity contribution in [2.75, 3.05) is 11.9 Å². The highest BCUT2D eigenvalue weighted by atomic mass is 16.5. The highest BCUT2D eigenvalue weighted by Crippen LogP contribution is 2.25. The van der Waals surface area contributed by atoms with Gasteiger partial charge in [-0.1, -0.05) is 12.1 Å². The van der Waals surface area contributed by atoms with Crippen LogP contribution >= 0.6 is 0 Å². The van der Waals surface area contributed by atoms with Crippen molar-refractivity contribution in [2.45, 2.75) is 13.3 Å². The van der Waals surface area contributed by atoms with Crippen molar-refractivity contribution in [3.8, 4) is 0 Å². The molecule has 1 aromatic heterocycles. The first-order valence-electron chi connectivity index (χ1n) is 6.22. The van der Waals surface area contributed by atoms with Gasteiger partial charge in [0.25, 0.3) is 0 Å². The topological polar surface area (TPSA) is 51.2 Å². The van der Waals surface area contributed by atoms with E-state index in [1.807, 2.05) is 37.4 Å². The van der Waals surface area contributed by atoms with Crippen LogP contribution in [0.1, 0.15) is 13.3 Å². The molecule has 0 saturated carbocycles. The number of ether oxygens (including phenoxy) is 1. The standard InChI is InChI=1S/C15H14N2O2/c1-10(12-6-8-19-15(12)18)17-14-4-2-3-11-9-16-7-5-13(11)14/h2-5,7,9,17H,6,8H2,1H3/b12-10-. The molecule has 0 unspecified atom stereocenters. The van der Waals surface area contributed by atoms with Crippen LogP contribution < -0.4 is 5.32 Å². The third kappa shape index (κ3) is 2.17. The molecule has 1 fully saturated rings. The summed E-state index contributed by atoms with van der Waals surface area (Å²) in [6.45, 7) is 2.38. The van der Waals surface area contributed by atoms with Crippen molar-refractivity contribution >= 4 is 22.4 Å². The Morgan fingerprint density at radius 3 is 3.05 bits per heavy atom. The van der Waals surface area contributed by atoms with Crippen LogP contribution in [-0.2, 0) is 9.53 Å². The van der Waals surface area contributed by atoms with Crippen LogP contribution in [0.15, 0.2) is 47.9 Å². The molecule has 3 rings (SSSR count). The van der Waals surface area contributed by atoms with Crippen LogP contribution in [0.5, 0.6) is 0 Å². The Hall–Kier alpha value is -2.36. The van der Waals surface area contributed by atoms with E-state index in [2.05, 4.69) is 10.3 Å². The van der Waals surface area contributed by atoms with Crippen molar-refractivity contribution in [1.29, 1.82) is 0 Å². The number of nitrogens with zero attached hydrogens (tertiary/aromatic N) is 1. The lowest BCUT2D eigenvalue weighted by Crippen LogP contribution is -2.05. The molecule has 0 radical (unpaired) electrons. The zero-order chi connectivity index (χ0) is 13.2. The molecule has 2 aromatic rings. The van der Waals surface area contributed by atoms with E-state index in [-0.39, 0.29) is 5.97 Å². The zero-order valence-electron chi connectivity index (χ0n) is 10.6. The first kappa shape index (κ1) is 11.7. The first-order valence-corrected chi connectivity index (χ1v) is 6.22. The molecule has 0 atom stereocenters. The van der Waals surface area contributed by atoms with Gasteiger partial charge in [0, 0.05) is 41.0 Å². The van der Waals surface area contributed by atoms with Gasteiger partial charge in [0.1, 0.15) is 0 Å². The Morgan fingerprint density at radius 2 is 2.26 bits per heavy atom. The molecule has 2 heterocycles. The van der Waals surface area contributed by atoms with E-state index in [1.54, 1.807) is 6.20 Å². The average Bonchev–Trinajstić information content (AvgIpc) is 2.85. The summed E-state index contributed by atoms with van der Waals surface area (Å²) in [5, 5.41) is 5.46. The van der Waals surface area contributed by atoms with E-state index < -0.39 is 0 Å². The summed E-state index contributed by atoms with van der Waals surface area (Å²) in [6, 6.07) is 7.94. The average molecular weight is 254 g/mol. The number of hydrogen-bond donors (Lipinski definition) is 1. The molecule has 96 valence electrons. The first-order chi connectivity index (χ1) is 9.25. The molecule has 0 bridgehead atoms. The number of carbonyl (C=O) groups excluding carboxylic acids is 1. The van der Waals surface area contributed by atoms with Crippen LogP contribution in [0.25, 0.3) is 10.8 Å². The van der Waals surface area contributed by atoms with Crippen LogP contribution in [0.2, 0.25) is 0 Å². The molecule has 4 heteroatoms.